The first-order valence-corrected chi connectivity index (χ1v) is 4.29. The van der Waals surface area contributed by atoms with E-state index in [1.165, 1.54) is 11.9 Å². The molecule has 78 valence electrons. The number of nitrogens with zero attached hydrogens (tertiary/aromatic N) is 1. The number of hydrogen-bond acceptors (Lipinski definition) is 2. The molecule has 4 nitrogen and oxygen atoms in total. The van der Waals surface area contributed by atoms with Crippen LogP contribution in [0, 0.1) is 0 Å². The van der Waals surface area contributed by atoms with Crippen molar-refractivity contribution >= 4 is 17.6 Å². The number of hydrogen-bond donors (Lipinski definition) is 1. The number of para-hydroxylation sites is 1. The number of rotatable bonds is 3. The Labute approximate surface area is 87.4 Å². The summed E-state index contributed by atoms with van der Waals surface area (Å²) in [6, 6.07) is 8.78. The van der Waals surface area contributed by atoms with Crippen LogP contribution >= 0.6 is 0 Å². The highest BCUT2D eigenvalue weighted by molar-refractivity contribution is 6.20. The Balaban J connectivity index is 2.87. The SMILES string of the molecule is C=C(C(=O)O)C(=O)N(C)c1ccccc1. The van der Waals surface area contributed by atoms with Crippen molar-refractivity contribution in [2.24, 2.45) is 0 Å². The first kappa shape index (κ1) is 11.0. The molecule has 0 bridgehead atoms. The summed E-state index contributed by atoms with van der Waals surface area (Å²) in [5.74, 6) is -1.92. The van der Waals surface area contributed by atoms with E-state index < -0.39 is 17.4 Å². The number of carboxylic acid groups (broad SMARTS) is 1. The molecule has 0 aliphatic carbocycles. The van der Waals surface area contributed by atoms with Gasteiger partial charge in [0.05, 0.1) is 0 Å². The molecule has 1 amide bonds. The van der Waals surface area contributed by atoms with Crippen LogP contribution < -0.4 is 4.90 Å². The normalized spacial score (nSPS) is 9.40. The van der Waals surface area contributed by atoms with Gasteiger partial charge in [0.15, 0.2) is 0 Å². The zero-order valence-electron chi connectivity index (χ0n) is 8.30. The number of carboxylic acids is 1. The Hall–Kier alpha value is -2.10. The van der Waals surface area contributed by atoms with Crippen LogP contribution in [0.3, 0.4) is 0 Å². The van der Waals surface area contributed by atoms with Crippen LogP contribution in [0.2, 0.25) is 0 Å². The number of amides is 1. The molecule has 1 aromatic rings. The molecule has 4 heteroatoms. The molecule has 0 heterocycles. The molecule has 0 aliphatic heterocycles. The molecule has 0 spiro atoms. The van der Waals surface area contributed by atoms with Crippen LogP contribution in [-0.2, 0) is 9.59 Å². The Morgan fingerprint density at radius 2 is 1.80 bits per heavy atom. The van der Waals surface area contributed by atoms with Gasteiger partial charge in [-0.25, -0.2) is 4.79 Å². The van der Waals surface area contributed by atoms with Gasteiger partial charge in [-0.3, -0.25) is 4.79 Å². The van der Waals surface area contributed by atoms with E-state index in [-0.39, 0.29) is 0 Å². The molecule has 0 radical (unpaired) electrons. The van der Waals surface area contributed by atoms with Gasteiger partial charge in [0.25, 0.3) is 5.91 Å². The summed E-state index contributed by atoms with van der Waals surface area (Å²) in [6.45, 7) is 3.21. The third-order valence-corrected chi connectivity index (χ3v) is 1.96. The molecule has 0 saturated heterocycles. The minimum Gasteiger partial charge on any atom is -0.478 e. The average Bonchev–Trinajstić information content (AvgIpc) is 2.27. The third-order valence-electron chi connectivity index (χ3n) is 1.96. The lowest BCUT2D eigenvalue weighted by molar-refractivity contribution is -0.134. The predicted molar refractivity (Wildman–Crippen MR) is 56.6 cm³/mol. The lowest BCUT2D eigenvalue weighted by atomic mass is 10.2. The molecule has 0 atom stereocenters. The van der Waals surface area contributed by atoms with E-state index in [1.54, 1.807) is 24.3 Å². The molecule has 1 N–H and O–H groups in total. The van der Waals surface area contributed by atoms with Crippen molar-refractivity contribution in [1.82, 2.24) is 0 Å². The second-order valence-corrected chi connectivity index (χ2v) is 2.98. The van der Waals surface area contributed by atoms with Crippen molar-refractivity contribution < 1.29 is 14.7 Å². The smallest absolute Gasteiger partial charge is 0.340 e. The molecular weight excluding hydrogens is 194 g/mol. The maximum absolute atomic E-state index is 11.5. The monoisotopic (exact) mass is 205 g/mol. The summed E-state index contributed by atoms with van der Waals surface area (Å²) >= 11 is 0. The highest BCUT2D eigenvalue weighted by Crippen LogP contribution is 2.13. The fourth-order valence-corrected chi connectivity index (χ4v) is 1.06. The van der Waals surface area contributed by atoms with Crippen molar-refractivity contribution in [3.05, 3.63) is 42.5 Å². The van der Waals surface area contributed by atoms with E-state index >= 15 is 0 Å². The van der Waals surface area contributed by atoms with Gasteiger partial charge in [0, 0.05) is 12.7 Å². The standard InChI is InChI=1S/C11H11NO3/c1-8(11(14)15)10(13)12(2)9-6-4-3-5-7-9/h3-7H,1H2,2H3,(H,14,15). The Bertz CT molecular complexity index is 398. The van der Waals surface area contributed by atoms with Gasteiger partial charge in [-0.15, -0.1) is 0 Å². The van der Waals surface area contributed by atoms with Gasteiger partial charge in [-0.05, 0) is 12.1 Å². The molecule has 0 fully saturated rings. The van der Waals surface area contributed by atoms with Gasteiger partial charge in [-0.1, -0.05) is 24.8 Å². The van der Waals surface area contributed by atoms with Crippen molar-refractivity contribution in [3.63, 3.8) is 0 Å². The highest BCUT2D eigenvalue weighted by atomic mass is 16.4. The number of aliphatic carboxylic acids is 1. The summed E-state index contributed by atoms with van der Waals surface area (Å²) in [4.78, 5) is 23.3. The molecule has 0 saturated carbocycles. The molecule has 1 aromatic carbocycles. The first-order valence-electron chi connectivity index (χ1n) is 4.29. The molecule has 0 unspecified atom stereocenters. The zero-order chi connectivity index (χ0) is 11.4. The van der Waals surface area contributed by atoms with Crippen LogP contribution in [0.5, 0.6) is 0 Å². The third kappa shape index (κ3) is 2.43. The minimum absolute atomic E-state index is 0.443. The zero-order valence-corrected chi connectivity index (χ0v) is 8.30. The van der Waals surface area contributed by atoms with Gasteiger partial charge in [-0.2, -0.15) is 0 Å². The average molecular weight is 205 g/mol. The summed E-state index contributed by atoms with van der Waals surface area (Å²) in [6.07, 6.45) is 0. The van der Waals surface area contributed by atoms with E-state index in [0.29, 0.717) is 5.69 Å². The van der Waals surface area contributed by atoms with Crippen LogP contribution in [0.1, 0.15) is 0 Å². The number of carbonyl (C=O) groups excluding carboxylic acids is 1. The molecule has 15 heavy (non-hydrogen) atoms. The Kier molecular flexibility index (Phi) is 3.23. The topological polar surface area (TPSA) is 57.6 Å². The number of anilines is 1. The molecule has 0 aromatic heterocycles. The van der Waals surface area contributed by atoms with Crippen LogP contribution in [0.15, 0.2) is 42.5 Å². The van der Waals surface area contributed by atoms with E-state index in [2.05, 4.69) is 6.58 Å². The van der Waals surface area contributed by atoms with E-state index in [9.17, 15) is 9.59 Å². The van der Waals surface area contributed by atoms with E-state index in [4.69, 9.17) is 5.11 Å². The van der Waals surface area contributed by atoms with E-state index in [1.807, 2.05) is 6.07 Å². The first-order chi connectivity index (χ1) is 7.04. The number of benzene rings is 1. The maximum atomic E-state index is 11.5. The van der Waals surface area contributed by atoms with Crippen molar-refractivity contribution in [3.8, 4) is 0 Å². The van der Waals surface area contributed by atoms with Crippen LogP contribution in [0.4, 0.5) is 5.69 Å². The van der Waals surface area contributed by atoms with Crippen LogP contribution in [0.25, 0.3) is 0 Å². The number of carbonyl (C=O) groups is 2. The summed E-state index contributed by atoms with van der Waals surface area (Å²) < 4.78 is 0. The Morgan fingerprint density at radius 3 is 2.27 bits per heavy atom. The van der Waals surface area contributed by atoms with Gasteiger partial charge >= 0.3 is 5.97 Å². The Morgan fingerprint density at radius 1 is 1.27 bits per heavy atom. The predicted octanol–water partition coefficient (Wildman–Crippen LogP) is 1.29. The maximum Gasteiger partial charge on any atom is 0.340 e. The van der Waals surface area contributed by atoms with Crippen molar-refractivity contribution in [2.75, 3.05) is 11.9 Å². The molecule has 1 rings (SSSR count). The van der Waals surface area contributed by atoms with Crippen molar-refractivity contribution in [2.45, 2.75) is 0 Å². The fraction of sp³-hybridized carbons (Fsp3) is 0.0909. The largest absolute Gasteiger partial charge is 0.478 e. The number of likely N-dealkylation sites (N-methyl/N-ethyl adjacent to an activating group) is 1. The quantitative estimate of drug-likeness (QED) is 0.459. The second-order valence-electron chi connectivity index (χ2n) is 2.98. The summed E-state index contributed by atoms with van der Waals surface area (Å²) in [7, 11) is 1.51. The fourth-order valence-electron chi connectivity index (χ4n) is 1.06. The minimum atomic E-state index is -1.30. The summed E-state index contributed by atoms with van der Waals surface area (Å²) in [5.41, 5.74) is 0.186. The highest BCUT2D eigenvalue weighted by Gasteiger charge is 2.19. The van der Waals surface area contributed by atoms with Crippen LogP contribution in [-0.4, -0.2) is 24.0 Å². The lowest BCUT2D eigenvalue weighted by Gasteiger charge is -2.16. The molecular formula is C11H11NO3. The second kappa shape index (κ2) is 4.41. The van der Waals surface area contributed by atoms with Gasteiger partial charge in [0.2, 0.25) is 0 Å². The van der Waals surface area contributed by atoms with E-state index in [0.717, 1.165) is 0 Å². The lowest BCUT2D eigenvalue weighted by Crippen LogP contribution is -2.30. The van der Waals surface area contributed by atoms with Crippen molar-refractivity contribution in [1.29, 1.82) is 0 Å². The van der Waals surface area contributed by atoms with Gasteiger partial charge < -0.3 is 10.0 Å². The summed E-state index contributed by atoms with van der Waals surface area (Å²) in [5, 5.41) is 8.60. The van der Waals surface area contributed by atoms with Gasteiger partial charge in [0.1, 0.15) is 5.57 Å². The molecule has 0 aliphatic rings.